The van der Waals surface area contributed by atoms with E-state index in [9.17, 15) is 39.6 Å². The van der Waals surface area contributed by atoms with E-state index < -0.39 is 76.5 Å². The van der Waals surface area contributed by atoms with E-state index in [1.807, 2.05) is 0 Å². The lowest BCUT2D eigenvalue weighted by atomic mass is 9.50. The van der Waals surface area contributed by atoms with Crippen molar-refractivity contribution in [2.24, 2.45) is 29.4 Å². The third-order valence-electron chi connectivity index (χ3n) is 8.22. The molecule has 1 amide bonds. The van der Waals surface area contributed by atoms with Gasteiger partial charge in [0.2, 0.25) is 5.91 Å². The zero-order valence-corrected chi connectivity index (χ0v) is 20.7. The van der Waals surface area contributed by atoms with Gasteiger partial charge < -0.3 is 31.1 Å². The molecule has 10 nitrogen and oxygen atoms in total. The number of Topliss-reactive ketones (excluding diaryl/α,β-unsaturated/α-hetero) is 3. The van der Waals surface area contributed by atoms with Gasteiger partial charge in [-0.1, -0.05) is 48.5 Å². The summed E-state index contributed by atoms with van der Waals surface area (Å²) in [6.07, 6.45) is -1.73. The fraction of sp³-hybridized carbons (Fsp3) is 0.357. The van der Waals surface area contributed by atoms with Crippen LogP contribution in [-0.4, -0.2) is 86.5 Å². The number of hydrogen-bond donors (Lipinski definition) is 5. The molecule has 3 aliphatic carbocycles. The highest BCUT2D eigenvalue weighted by molar-refractivity contribution is 6.27. The highest BCUT2D eigenvalue weighted by Gasteiger charge is 2.72. The molecule has 0 bridgehead atoms. The highest BCUT2D eigenvalue weighted by atomic mass is 16.3. The van der Waals surface area contributed by atoms with Crippen molar-refractivity contribution in [3.05, 3.63) is 65.2 Å². The van der Waals surface area contributed by atoms with Crippen molar-refractivity contribution in [3.63, 3.8) is 0 Å². The minimum atomic E-state index is -2.98. The van der Waals surface area contributed by atoms with Crippen LogP contribution in [0.2, 0.25) is 0 Å². The fourth-order valence-corrected chi connectivity index (χ4v) is 6.62. The number of benzene rings is 2. The second kappa shape index (κ2) is 8.95. The van der Waals surface area contributed by atoms with Gasteiger partial charge in [0, 0.05) is 17.9 Å². The first-order chi connectivity index (χ1) is 17.9. The van der Waals surface area contributed by atoms with Crippen LogP contribution in [0.15, 0.2) is 48.5 Å². The Bertz CT molecular complexity index is 1390. The Kier molecular flexibility index (Phi) is 6.11. The van der Waals surface area contributed by atoms with Gasteiger partial charge >= 0.3 is 0 Å². The molecule has 0 aliphatic heterocycles. The number of rotatable bonds is 3. The lowest BCUT2D eigenvalue weighted by Crippen LogP contribution is -2.78. The number of aliphatic hydroxyl groups is 3. The number of phenolic OH excluding ortho intramolecular Hbond substituents is 1. The number of carbonyl (C=O) groups excluding carboxylic acids is 4. The minimum Gasteiger partial charge on any atom is -0.507 e. The molecule has 0 saturated heterocycles. The molecule has 6 N–H and O–H groups in total. The van der Waals surface area contributed by atoms with Gasteiger partial charge in [0.15, 0.2) is 23.0 Å². The van der Waals surface area contributed by atoms with Crippen molar-refractivity contribution in [1.82, 2.24) is 4.90 Å². The quantitative estimate of drug-likeness (QED) is 0.338. The Morgan fingerprint density at radius 1 is 0.974 bits per heavy atom. The van der Waals surface area contributed by atoms with Crippen LogP contribution < -0.4 is 5.73 Å². The highest BCUT2D eigenvalue weighted by Crippen LogP contribution is 2.55. The number of primary amides is 1. The average Bonchev–Trinajstić information content (AvgIpc) is 2.86. The topological polar surface area (TPSA) is 178 Å². The third-order valence-corrected chi connectivity index (χ3v) is 8.22. The van der Waals surface area contributed by atoms with Gasteiger partial charge in [-0.25, -0.2) is 0 Å². The van der Waals surface area contributed by atoms with E-state index >= 15 is 0 Å². The normalized spacial score (nSPS) is 35.6. The number of aromatic hydroxyl groups is 1. The van der Waals surface area contributed by atoms with Crippen LogP contribution in [0.5, 0.6) is 5.75 Å². The fourth-order valence-electron chi connectivity index (χ4n) is 6.62. The molecule has 8 atom stereocenters. The van der Waals surface area contributed by atoms with E-state index in [2.05, 4.69) is 0 Å². The summed E-state index contributed by atoms with van der Waals surface area (Å²) < 4.78 is 0. The lowest BCUT2D eigenvalue weighted by molar-refractivity contribution is -0.204. The molecule has 0 heterocycles. The number of amides is 1. The zero-order chi connectivity index (χ0) is 27.7. The summed E-state index contributed by atoms with van der Waals surface area (Å²) in [6, 6.07) is 12.1. The zero-order valence-electron chi connectivity index (χ0n) is 20.7. The van der Waals surface area contributed by atoms with Crippen molar-refractivity contribution in [3.8, 4) is 5.75 Å². The van der Waals surface area contributed by atoms with Gasteiger partial charge in [0.1, 0.15) is 11.7 Å². The Morgan fingerprint density at radius 3 is 2.24 bits per heavy atom. The van der Waals surface area contributed by atoms with Crippen LogP contribution in [0, 0.1) is 23.7 Å². The molecule has 2 aromatic carbocycles. The van der Waals surface area contributed by atoms with Gasteiger partial charge in [0.05, 0.1) is 23.7 Å². The molecule has 2 saturated carbocycles. The number of nitrogens with zero attached hydrogens (tertiary/aromatic N) is 1. The average molecular weight is 521 g/mol. The summed E-state index contributed by atoms with van der Waals surface area (Å²) in [4.78, 5) is 54.9. The van der Waals surface area contributed by atoms with E-state index in [0.29, 0.717) is 16.7 Å². The van der Waals surface area contributed by atoms with Crippen molar-refractivity contribution in [2.75, 3.05) is 14.1 Å². The molecule has 0 radical (unpaired) electrons. The van der Waals surface area contributed by atoms with E-state index in [-0.39, 0.29) is 5.56 Å². The summed E-state index contributed by atoms with van der Waals surface area (Å²) in [5.74, 6) is -11.5. The van der Waals surface area contributed by atoms with Gasteiger partial charge in [-0.2, -0.15) is 0 Å². The number of ketones is 3. The Hall–Kier alpha value is -3.70. The molecule has 2 aromatic rings. The first kappa shape index (κ1) is 25.9. The van der Waals surface area contributed by atoms with Crippen LogP contribution in [0.3, 0.4) is 0 Å². The standard InChI is InChI=1S/C28H28N2O8/c1-30(2)21-20-23(33)17-14(11-12-7-4-3-5-8-12)13-9-6-10-15(31)16(13)22(32)18(17)25(35)28(20,38)26(36)19(24(21)34)27(29)37/h3-11,17-21,23-24,31,33-34,38H,1-2H3,(H2,29,37)/t17-,18?,19?,20-,21+,23+,24?,28+/m1/s1. The summed E-state index contributed by atoms with van der Waals surface area (Å²) >= 11 is 0. The van der Waals surface area contributed by atoms with Crippen molar-refractivity contribution < 1.29 is 39.6 Å². The number of hydrogen-bond acceptors (Lipinski definition) is 9. The lowest BCUT2D eigenvalue weighted by Gasteiger charge is -2.57. The molecular weight excluding hydrogens is 492 g/mol. The first-order valence-corrected chi connectivity index (χ1v) is 12.2. The van der Waals surface area contributed by atoms with Gasteiger partial charge in [-0.15, -0.1) is 0 Å². The van der Waals surface area contributed by atoms with Gasteiger partial charge in [-0.05, 0) is 36.9 Å². The maximum Gasteiger partial charge on any atom is 0.230 e. The number of fused-ring (bicyclic) bond motifs is 3. The monoisotopic (exact) mass is 520 g/mol. The molecular formula is C28H28N2O8. The predicted octanol–water partition coefficient (Wildman–Crippen LogP) is -0.372. The molecule has 3 aliphatic rings. The second-order valence-electron chi connectivity index (χ2n) is 10.4. The molecule has 10 heteroatoms. The molecule has 2 fully saturated rings. The molecule has 3 unspecified atom stereocenters. The number of carbonyl (C=O) groups is 4. The Labute approximate surface area is 218 Å². The number of nitrogens with two attached hydrogens (primary N) is 1. The van der Waals surface area contributed by atoms with Gasteiger partial charge in [-0.3, -0.25) is 19.2 Å². The second-order valence-corrected chi connectivity index (χ2v) is 10.4. The summed E-state index contributed by atoms with van der Waals surface area (Å²) in [5.41, 5.74) is 3.58. The van der Waals surface area contributed by atoms with Crippen molar-refractivity contribution >= 4 is 34.9 Å². The molecule has 0 spiro atoms. The van der Waals surface area contributed by atoms with Crippen molar-refractivity contribution in [2.45, 2.75) is 23.9 Å². The third kappa shape index (κ3) is 3.41. The van der Waals surface area contributed by atoms with E-state index in [0.717, 1.165) is 0 Å². The van der Waals surface area contributed by atoms with Crippen LogP contribution in [-0.2, 0) is 14.4 Å². The minimum absolute atomic E-state index is 0.169. The number of likely N-dealkylation sites (N-methyl/N-ethyl adjacent to an activating group) is 1. The van der Waals surface area contributed by atoms with Gasteiger partial charge in [0.25, 0.3) is 0 Å². The van der Waals surface area contributed by atoms with Crippen LogP contribution in [0.25, 0.3) is 11.6 Å². The number of aliphatic hydroxyl groups excluding tert-OH is 2. The Balaban J connectivity index is 1.79. The van der Waals surface area contributed by atoms with Crippen LogP contribution in [0.4, 0.5) is 0 Å². The van der Waals surface area contributed by atoms with Crippen LogP contribution >= 0.6 is 0 Å². The SMILES string of the molecule is CN(C)[C@@H]1C(O)C(C(N)=O)C(=O)[C@@]2(O)C(=O)C3C(=O)c4c(O)cccc4C(=Cc4ccccc4)[C@H]3[C@H](O)[C@@H]12. The van der Waals surface area contributed by atoms with E-state index in [1.54, 1.807) is 42.5 Å². The maximum absolute atomic E-state index is 14.1. The number of phenols is 1. The molecule has 0 aromatic heterocycles. The Morgan fingerprint density at radius 2 is 1.63 bits per heavy atom. The van der Waals surface area contributed by atoms with Crippen LogP contribution in [0.1, 0.15) is 21.5 Å². The molecule has 5 rings (SSSR count). The summed E-state index contributed by atoms with van der Waals surface area (Å²) in [7, 11) is 3.01. The largest absolute Gasteiger partial charge is 0.507 e. The molecule has 38 heavy (non-hydrogen) atoms. The van der Waals surface area contributed by atoms with E-state index in [4.69, 9.17) is 5.73 Å². The smallest absolute Gasteiger partial charge is 0.230 e. The maximum atomic E-state index is 14.1. The summed E-state index contributed by atoms with van der Waals surface area (Å²) in [6.45, 7) is 0. The first-order valence-electron chi connectivity index (χ1n) is 12.2. The molecule has 198 valence electrons. The predicted molar refractivity (Wildman–Crippen MR) is 134 cm³/mol. The van der Waals surface area contributed by atoms with Crippen molar-refractivity contribution in [1.29, 1.82) is 0 Å². The van der Waals surface area contributed by atoms with E-state index in [1.165, 1.54) is 31.1 Å². The summed E-state index contributed by atoms with van der Waals surface area (Å²) in [5, 5.41) is 45.3.